The second-order valence-corrected chi connectivity index (χ2v) is 6.75. The van der Waals surface area contributed by atoms with E-state index in [0.29, 0.717) is 0 Å². The molecular weight excluding hydrogens is 425 g/mol. The number of halogens is 3. The fourth-order valence-electron chi connectivity index (χ4n) is 3.28. The Labute approximate surface area is 179 Å². The van der Waals surface area contributed by atoms with Gasteiger partial charge in [-0.25, -0.2) is 4.79 Å². The van der Waals surface area contributed by atoms with Gasteiger partial charge in [-0.15, -0.1) is 0 Å². The van der Waals surface area contributed by atoms with E-state index in [1.165, 1.54) is 49.6 Å². The number of ether oxygens (including phenoxy) is 2. The van der Waals surface area contributed by atoms with Crippen molar-refractivity contribution < 1.29 is 31.9 Å². The first-order valence-electron chi connectivity index (χ1n) is 9.38. The van der Waals surface area contributed by atoms with Crippen molar-refractivity contribution in [2.75, 3.05) is 7.11 Å². The third-order valence-corrected chi connectivity index (χ3v) is 4.72. The van der Waals surface area contributed by atoms with Crippen molar-refractivity contribution in [3.63, 3.8) is 0 Å². The summed E-state index contributed by atoms with van der Waals surface area (Å²) in [5.41, 5.74) is -1.56. The number of hydrogen-bond acceptors (Lipinski definition) is 5. The van der Waals surface area contributed by atoms with Gasteiger partial charge in [-0.2, -0.15) is 13.2 Å². The highest BCUT2D eigenvalue weighted by Gasteiger charge is 2.39. The molecule has 0 spiro atoms. The monoisotopic (exact) mass is 440 g/mol. The lowest BCUT2D eigenvalue weighted by Crippen LogP contribution is -2.16. The molecule has 32 heavy (non-hydrogen) atoms. The average Bonchev–Trinajstić information content (AvgIpc) is 2.78. The molecule has 162 valence electrons. The molecule has 0 N–H and O–H groups in total. The van der Waals surface area contributed by atoms with Crippen LogP contribution in [0.4, 0.5) is 13.2 Å². The van der Waals surface area contributed by atoms with Crippen LogP contribution in [0.1, 0.15) is 16.1 Å². The number of carbonyl (C=O) groups excluding carboxylic acids is 1. The molecule has 0 aliphatic heterocycles. The molecule has 0 radical (unpaired) electrons. The van der Waals surface area contributed by atoms with E-state index in [1.54, 1.807) is 24.3 Å². The zero-order chi connectivity index (χ0) is 22.9. The summed E-state index contributed by atoms with van der Waals surface area (Å²) in [4.78, 5) is 25.4. The summed E-state index contributed by atoms with van der Waals surface area (Å²) in [5, 5.41) is -0.0751. The van der Waals surface area contributed by atoms with E-state index in [0.717, 1.165) is 6.07 Å². The van der Waals surface area contributed by atoms with Crippen LogP contribution in [0.5, 0.6) is 11.5 Å². The largest absolute Gasteiger partial charge is 0.496 e. The minimum Gasteiger partial charge on any atom is -0.496 e. The number of rotatable bonds is 4. The molecule has 0 saturated heterocycles. The van der Waals surface area contributed by atoms with E-state index < -0.39 is 28.9 Å². The highest BCUT2D eigenvalue weighted by atomic mass is 19.4. The lowest BCUT2D eigenvalue weighted by atomic mass is 10.0. The lowest BCUT2D eigenvalue weighted by molar-refractivity contribution is -0.152. The maximum Gasteiger partial charge on any atom is 0.450 e. The van der Waals surface area contributed by atoms with Crippen molar-refractivity contribution >= 4 is 16.9 Å². The Morgan fingerprint density at radius 3 is 2.31 bits per heavy atom. The number of carbonyl (C=O) groups is 1. The maximum absolute atomic E-state index is 13.7. The van der Waals surface area contributed by atoms with Gasteiger partial charge in [-0.1, -0.05) is 42.5 Å². The normalized spacial score (nSPS) is 11.4. The van der Waals surface area contributed by atoms with Crippen molar-refractivity contribution in [1.82, 2.24) is 0 Å². The van der Waals surface area contributed by atoms with Crippen LogP contribution in [0, 0.1) is 0 Å². The second-order valence-electron chi connectivity index (χ2n) is 6.75. The molecule has 0 saturated carbocycles. The third-order valence-electron chi connectivity index (χ3n) is 4.72. The molecule has 0 fully saturated rings. The minimum absolute atomic E-state index is 0.0751. The van der Waals surface area contributed by atoms with Crippen LogP contribution in [-0.4, -0.2) is 13.1 Å². The molecule has 0 atom stereocenters. The van der Waals surface area contributed by atoms with Gasteiger partial charge in [0.25, 0.3) is 0 Å². The first-order chi connectivity index (χ1) is 15.3. The van der Waals surface area contributed by atoms with Crippen molar-refractivity contribution in [2.45, 2.75) is 6.18 Å². The predicted molar refractivity (Wildman–Crippen MR) is 111 cm³/mol. The summed E-state index contributed by atoms with van der Waals surface area (Å²) in [6, 6.07) is 17.5. The number of para-hydroxylation sites is 1. The van der Waals surface area contributed by atoms with Gasteiger partial charge in [-0.05, 0) is 29.8 Å². The number of alkyl halides is 3. The fourth-order valence-corrected chi connectivity index (χ4v) is 3.28. The quantitative estimate of drug-likeness (QED) is 0.301. The number of hydrogen-bond donors (Lipinski definition) is 0. The molecule has 5 nitrogen and oxygen atoms in total. The Morgan fingerprint density at radius 1 is 0.938 bits per heavy atom. The Bertz CT molecular complexity index is 1360. The van der Waals surface area contributed by atoms with Gasteiger partial charge in [0.1, 0.15) is 22.6 Å². The summed E-state index contributed by atoms with van der Waals surface area (Å²) in [6.45, 7) is 0. The van der Waals surface area contributed by atoms with E-state index in [2.05, 4.69) is 0 Å². The second kappa shape index (κ2) is 8.22. The van der Waals surface area contributed by atoms with E-state index in [-0.39, 0.29) is 33.6 Å². The van der Waals surface area contributed by atoms with Gasteiger partial charge >= 0.3 is 12.1 Å². The van der Waals surface area contributed by atoms with Crippen LogP contribution in [0.2, 0.25) is 0 Å². The van der Waals surface area contributed by atoms with Gasteiger partial charge in [0.05, 0.1) is 18.1 Å². The molecule has 0 unspecified atom stereocenters. The van der Waals surface area contributed by atoms with Crippen LogP contribution < -0.4 is 14.9 Å². The summed E-state index contributed by atoms with van der Waals surface area (Å²) in [6.07, 6.45) is -4.91. The van der Waals surface area contributed by atoms with Crippen molar-refractivity contribution in [3.8, 4) is 22.6 Å². The Hall–Kier alpha value is -4.07. The molecule has 0 amide bonds. The van der Waals surface area contributed by atoms with Crippen LogP contribution >= 0.6 is 0 Å². The third kappa shape index (κ3) is 3.94. The maximum atomic E-state index is 13.7. The molecule has 0 aliphatic rings. The Morgan fingerprint density at radius 2 is 1.62 bits per heavy atom. The van der Waals surface area contributed by atoms with E-state index in [4.69, 9.17) is 13.9 Å². The van der Waals surface area contributed by atoms with Gasteiger partial charge < -0.3 is 13.9 Å². The fraction of sp³-hybridized carbons (Fsp3) is 0.0833. The number of esters is 1. The zero-order valence-corrected chi connectivity index (χ0v) is 16.6. The van der Waals surface area contributed by atoms with Gasteiger partial charge in [0.15, 0.2) is 0 Å². The highest BCUT2D eigenvalue weighted by molar-refractivity contribution is 5.94. The topological polar surface area (TPSA) is 65.7 Å². The molecule has 0 bridgehead atoms. The van der Waals surface area contributed by atoms with Crippen LogP contribution in [0.15, 0.2) is 82.0 Å². The average molecular weight is 440 g/mol. The summed E-state index contributed by atoms with van der Waals surface area (Å²) in [7, 11) is 1.39. The highest BCUT2D eigenvalue weighted by Crippen LogP contribution is 2.37. The molecular formula is C24H15F3O5. The molecule has 4 aromatic rings. The van der Waals surface area contributed by atoms with Crippen LogP contribution in [-0.2, 0) is 6.18 Å². The summed E-state index contributed by atoms with van der Waals surface area (Å²) < 4.78 is 56.7. The smallest absolute Gasteiger partial charge is 0.450 e. The molecule has 4 rings (SSSR count). The SMILES string of the molecule is COc1ccccc1C(=O)Oc1ccc2c(=O)c(-c3ccccc3)c(C(F)(F)F)oc2c1. The Balaban J connectivity index is 1.81. The molecule has 1 aromatic heterocycles. The predicted octanol–water partition coefficient (Wildman–Crippen LogP) is 5.71. The minimum atomic E-state index is -4.91. The van der Waals surface area contributed by atoms with Crippen molar-refractivity contribution in [3.05, 3.63) is 94.3 Å². The molecule has 1 heterocycles. The molecule has 8 heteroatoms. The lowest BCUT2D eigenvalue weighted by Gasteiger charge is -2.13. The number of benzene rings is 3. The van der Waals surface area contributed by atoms with E-state index in [9.17, 15) is 22.8 Å². The van der Waals surface area contributed by atoms with Crippen molar-refractivity contribution in [2.24, 2.45) is 0 Å². The number of methoxy groups -OCH3 is 1. The van der Waals surface area contributed by atoms with Gasteiger partial charge in [-0.3, -0.25) is 4.79 Å². The van der Waals surface area contributed by atoms with Crippen molar-refractivity contribution in [1.29, 1.82) is 0 Å². The standard InChI is InChI=1S/C24H15F3O5/c1-30-18-10-6-5-9-17(18)23(29)31-15-11-12-16-19(13-15)32-22(24(25,26)27)20(21(16)28)14-7-3-2-4-8-14/h2-13H,1H3. The molecule has 0 aliphatic carbocycles. The van der Waals surface area contributed by atoms with Crippen LogP contribution in [0.3, 0.4) is 0 Å². The number of fused-ring (bicyclic) bond motifs is 1. The first kappa shape index (κ1) is 21.2. The van der Waals surface area contributed by atoms with E-state index >= 15 is 0 Å². The van der Waals surface area contributed by atoms with E-state index in [1.807, 2.05) is 0 Å². The Kier molecular flexibility index (Phi) is 5.44. The van der Waals surface area contributed by atoms with Gasteiger partial charge in [0, 0.05) is 6.07 Å². The van der Waals surface area contributed by atoms with Gasteiger partial charge in [0.2, 0.25) is 11.2 Å². The summed E-state index contributed by atoms with van der Waals surface area (Å²) in [5.74, 6) is -2.01. The van der Waals surface area contributed by atoms with Crippen LogP contribution in [0.25, 0.3) is 22.1 Å². The summed E-state index contributed by atoms with van der Waals surface area (Å²) >= 11 is 0. The zero-order valence-electron chi connectivity index (χ0n) is 16.6. The first-order valence-corrected chi connectivity index (χ1v) is 9.38. The molecule has 3 aromatic carbocycles.